The SMILES string of the molecule is CC(C)(C)N([O])C(c1ccccc1)c1ccc(Cl)cc1. The Labute approximate surface area is 125 Å². The van der Waals surface area contributed by atoms with Crippen LogP contribution in [0, 0.1) is 0 Å². The summed E-state index contributed by atoms with van der Waals surface area (Å²) in [5.74, 6) is 0. The molecule has 1 radical (unpaired) electrons. The van der Waals surface area contributed by atoms with E-state index >= 15 is 0 Å². The standard InChI is InChI=1S/C17H19ClNO/c1-17(2,3)19(20)16(13-7-5-4-6-8-13)14-9-11-15(18)12-10-14/h4-12,16H,1-3H3. The third-order valence-electron chi connectivity index (χ3n) is 3.20. The molecular weight excluding hydrogens is 270 g/mol. The topological polar surface area (TPSA) is 23.1 Å². The molecule has 1 atom stereocenters. The Balaban J connectivity index is 2.47. The fourth-order valence-corrected chi connectivity index (χ4v) is 2.26. The van der Waals surface area contributed by atoms with E-state index < -0.39 is 5.54 Å². The van der Waals surface area contributed by atoms with Crippen LogP contribution < -0.4 is 0 Å². The van der Waals surface area contributed by atoms with Crippen molar-refractivity contribution < 1.29 is 5.21 Å². The van der Waals surface area contributed by atoms with E-state index in [1.54, 1.807) is 0 Å². The Kier molecular flexibility index (Phi) is 4.48. The van der Waals surface area contributed by atoms with E-state index in [1.165, 1.54) is 0 Å². The van der Waals surface area contributed by atoms with Crippen LogP contribution in [0.4, 0.5) is 0 Å². The van der Waals surface area contributed by atoms with Gasteiger partial charge in [-0.15, -0.1) is 10.3 Å². The zero-order chi connectivity index (χ0) is 14.8. The first kappa shape index (κ1) is 15.0. The molecule has 0 bridgehead atoms. The van der Waals surface area contributed by atoms with Crippen LogP contribution in [-0.4, -0.2) is 10.6 Å². The predicted octanol–water partition coefficient (Wildman–Crippen LogP) is 4.88. The van der Waals surface area contributed by atoms with Crippen LogP contribution in [0.1, 0.15) is 37.9 Å². The molecule has 0 amide bonds. The highest BCUT2D eigenvalue weighted by Gasteiger charge is 2.31. The Morgan fingerprint density at radius 2 is 1.40 bits per heavy atom. The average Bonchev–Trinajstić information content (AvgIpc) is 2.41. The smallest absolute Gasteiger partial charge is 0.0889 e. The van der Waals surface area contributed by atoms with Gasteiger partial charge < -0.3 is 0 Å². The lowest BCUT2D eigenvalue weighted by molar-refractivity contribution is -0.233. The largest absolute Gasteiger partial charge is 0.138 e. The molecule has 2 aromatic rings. The first-order chi connectivity index (χ1) is 9.39. The van der Waals surface area contributed by atoms with Gasteiger partial charge in [-0.2, -0.15) is 0 Å². The molecule has 0 fully saturated rings. The van der Waals surface area contributed by atoms with Gasteiger partial charge in [-0.05, 0) is 44.0 Å². The summed E-state index contributed by atoms with van der Waals surface area (Å²) in [6.45, 7) is 5.77. The van der Waals surface area contributed by atoms with Crippen LogP contribution in [0.5, 0.6) is 0 Å². The van der Waals surface area contributed by atoms with E-state index in [0.29, 0.717) is 5.02 Å². The van der Waals surface area contributed by atoms with Crippen LogP contribution in [0.2, 0.25) is 5.02 Å². The Hall–Kier alpha value is -1.35. The van der Waals surface area contributed by atoms with Crippen molar-refractivity contribution in [1.82, 2.24) is 5.06 Å². The molecular formula is C17H19ClNO. The molecule has 0 heterocycles. The third-order valence-corrected chi connectivity index (χ3v) is 3.45. The highest BCUT2D eigenvalue weighted by Crippen LogP contribution is 2.33. The molecule has 2 rings (SSSR count). The van der Waals surface area contributed by atoms with Gasteiger partial charge in [0, 0.05) is 10.6 Å². The number of nitrogens with zero attached hydrogens (tertiary/aromatic N) is 1. The lowest BCUT2D eigenvalue weighted by atomic mass is 9.95. The molecule has 105 valence electrons. The number of rotatable bonds is 3. The molecule has 0 aromatic heterocycles. The predicted molar refractivity (Wildman–Crippen MR) is 82.0 cm³/mol. The van der Waals surface area contributed by atoms with E-state index in [9.17, 15) is 5.21 Å². The van der Waals surface area contributed by atoms with Gasteiger partial charge in [-0.3, -0.25) is 0 Å². The molecule has 0 aliphatic carbocycles. The molecule has 3 heteroatoms. The van der Waals surface area contributed by atoms with Crippen LogP contribution in [-0.2, 0) is 5.21 Å². The van der Waals surface area contributed by atoms with Gasteiger partial charge in [0.2, 0.25) is 0 Å². The number of hydroxylamine groups is 2. The fraction of sp³-hybridized carbons (Fsp3) is 0.294. The molecule has 0 saturated carbocycles. The van der Waals surface area contributed by atoms with Gasteiger partial charge >= 0.3 is 0 Å². The first-order valence-corrected chi connectivity index (χ1v) is 7.04. The second-order valence-electron chi connectivity index (χ2n) is 5.86. The molecule has 0 saturated heterocycles. The maximum Gasteiger partial charge on any atom is 0.0889 e. The highest BCUT2D eigenvalue weighted by atomic mass is 35.5. The van der Waals surface area contributed by atoms with E-state index in [4.69, 9.17) is 11.6 Å². The van der Waals surface area contributed by atoms with E-state index in [2.05, 4.69) is 0 Å². The summed E-state index contributed by atoms with van der Waals surface area (Å²) < 4.78 is 0. The van der Waals surface area contributed by atoms with E-state index in [-0.39, 0.29) is 6.04 Å². The molecule has 0 spiro atoms. The van der Waals surface area contributed by atoms with Crippen molar-refractivity contribution in [2.75, 3.05) is 0 Å². The number of hydrogen-bond acceptors (Lipinski definition) is 1. The average molecular weight is 289 g/mol. The minimum absolute atomic E-state index is 0.325. The summed E-state index contributed by atoms with van der Waals surface area (Å²) in [6, 6.07) is 17.0. The molecule has 0 aliphatic rings. The lowest BCUT2D eigenvalue weighted by Crippen LogP contribution is -2.40. The molecule has 1 unspecified atom stereocenters. The van der Waals surface area contributed by atoms with Gasteiger partial charge in [-0.25, -0.2) is 0 Å². The van der Waals surface area contributed by atoms with Crippen LogP contribution in [0.15, 0.2) is 54.6 Å². The minimum Gasteiger partial charge on any atom is -0.138 e. The molecule has 2 nitrogen and oxygen atoms in total. The number of halogens is 1. The van der Waals surface area contributed by atoms with Crippen LogP contribution in [0.25, 0.3) is 0 Å². The van der Waals surface area contributed by atoms with Crippen molar-refractivity contribution >= 4 is 11.6 Å². The zero-order valence-electron chi connectivity index (χ0n) is 12.0. The maximum atomic E-state index is 12.7. The zero-order valence-corrected chi connectivity index (χ0v) is 12.8. The number of benzene rings is 2. The Bertz CT molecular complexity index is 545. The van der Waals surface area contributed by atoms with Gasteiger partial charge in [0.1, 0.15) is 0 Å². The lowest BCUT2D eigenvalue weighted by Gasteiger charge is -2.34. The summed E-state index contributed by atoms with van der Waals surface area (Å²) in [7, 11) is 0. The highest BCUT2D eigenvalue weighted by molar-refractivity contribution is 6.30. The van der Waals surface area contributed by atoms with Crippen molar-refractivity contribution in [1.29, 1.82) is 0 Å². The van der Waals surface area contributed by atoms with Gasteiger partial charge in [0.05, 0.1) is 6.04 Å². The second kappa shape index (κ2) is 5.96. The summed E-state index contributed by atoms with van der Waals surface area (Å²) in [5.41, 5.74) is 1.46. The molecule has 0 N–H and O–H groups in total. The van der Waals surface area contributed by atoms with Crippen LogP contribution >= 0.6 is 11.6 Å². The van der Waals surface area contributed by atoms with Crippen molar-refractivity contribution in [2.24, 2.45) is 0 Å². The van der Waals surface area contributed by atoms with E-state index in [0.717, 1.165) is 16.2 Å². The Morgan fingerprint density at radius 1 is 0.900 bits per heavy atom. The van der Waals surface area contributed by atoms with Gasteiger partial charge in [0.15, 0.2) is 0 Å². The van der Waals surface area contributed by atoms with Crippen molar-refractivity contribution in [2.45, 2.75) is 32.4 Å². The third kappa shape index (κ3) is 3.40. The molecule has 2 aromatic carbocycles. The van der Waals surface area contributed by atoms with Gasteiger partial charge in [-0.1, -0.05) is 54.1 Å². The first-order valence-electron chi connectivity index (χ1n) is 6.66. The van der Waals surface area contributed by atoms with E-state index in [1.807, 2.05) is 75.4 Å². The molecule has 0 aliphatic heterocycles. The van der Waals surface area contributed by atoms with Crippen molar-refractivity contribution in [3.05, 3.63) is 70.7 Å². The number of hydrogen-bond donors (Lipinski definition) is 0. The molecule has 20 heavy (non-hydrogen) atoms. The minimum atomic E-state index is -0.472. The normalized spacial score (nSPS) is 13.5. The van der Waals surface area contributed by atoms with Gasteiger partial charge in [0.25, 0.3) is 0 Å². The maximum absolute atomic E-state index is 12.7. The van der Waals surface area contributed by atoms with Crippen molar-refractivity contribution in [3.63, 3.8) is 0 Å². The fourth-order valence-electron chi connectivity index (χ4n) is 2.13. The quantitative estimate of drug-likeness (QED) is 0.739. The summed E-state index contributed by atoms with van der Waals surface area (Å²) >= 11 is 5.94. The summed E-state index contributed by atoms with van der Waals surface area (Å²) in [4.78, 5) is 0. The summed E-state index contributed by atoms with van der Waals surface area (Å²) in [6.07, 6.45) is 0. The summed E-state index contributed by atoms with van der Waals surface area (Å²) in [5, 5.41) is 14.6. The second-order valence-corrected chi connectivity index (χ2v) is 6.30. The monoisotopic (exact) mass is 288 g/mol. The van der Waals surface area contributed by atoms with Crippen LogP contribution in [0.3, 0.4) is 0 Å². The Morgan fingerprint density at radius 3 is 1.90 bits per heavy atom. The van der Waals surface area contributed by atoms with Crippen molar-refractivity contribution in [3.8, 4) is 0 Å².